The molecule has 0 spiro atoms. The van der Waals surface area contributed by atoms with Gasteiger partial charge in [0, 0.05) is 39.5 Å². The zero-order valence-electron chi connectivity index (χ0n) is 18.0. The quantitative estimate of drug-likeness (QED) is 0.334. The zero-order chi connectivity index (χ0) is 21.1. The lowest BCUT2D eigenvalue weighted by molar-refractivity contribution is 0.485. The highest BCUT2D eigenvalue weighted by Gasteiger charge is 2.31. The molecule has 1 N–H and O–H groups in total. The first-order valence-electron chi connectivity index (χ1n) is 11.8. The summed E-state index contributed by atoms with van der Waals surface area (Å²) in [5.74, 6) is 0.400. The predicted octanol–water partition coefficient (Wildman–Crippen LogP) is 7.61. The van der Waals surface area contributed by atoms with E-state index in [0.29, 0.717) is 18.0 Å². The van der Waals surface area contributed by atoms with Gasteiger partial charge in [0.1, 0.15) is 0 Å². The SMILES string of the molecule is C1=CCC(n2c3ccccc3c3cc(C4=CC5c6ccccc6NC5C=C4)ccc32)CC1. The van der Waals surface area contributed by atoms with Crippen LogP contribution in [0.1, 0.15) is 42.3 Å². The fraction of sp³-hybridized carbons (Fsp3) is 0.200. The van der Waals surface area contributed by atoms with Crippen LogP contribution in [0.2, 0.25) is 0 Å². The minimum atomic E-state index is 0.362. The van der Waals surface area contributed by atoms with Crippen LogP contribution in [0.5, 0.6) is 0 Å². The smallest absolute Gasteiger partial charge is 0.0552 e. The monoisotopic (exact) mass is 414 g/mol. The van der Waals surface area contributed by atoms with Crippen LogP contribution < -0.4 is 5.32 Å². The molecule has 2 heterocycles. The van der Waals surface area contributed by atoms with Gasteiger partial charge in [-0.25, -0.2) is 0 Å². The number of rotatable bonds is 2. The molecule has 2 aliphatic carbocycles. The van der Waals surface area contributed by atoms with Crippen molar-refractivity contribution in [2.45, 2.75) is 37.3 Å². The van der Waals surface area contributed by atoms with Crippen molar-refractivity contribution in [2.75, 3.05) is 5.32 Å². The van der Waals surface area contributed by atoms with Crippen LogP contribution >= 0.6 is 0 Å². The highest BCUT2D eigenvalue weighted by atomic mass is 15.0. The summed E-state index contributed by atoms with van der Waals surface area (Å²) >= 11 is 0. The number of nitrogens with zero attached hydrogens (tertiary/aromatic N) is 1. The lowest BCUT2D eigenvalue weighted by Crippen LogP contribution is -2.18. The zero-order valence-corrected chi connectivity index (χ0v) is 18.0. The molecule has 2 heteroatoms. The van der Waals surface area contributed by atoms with Crippen molar-refractivity contribution in [3.8, 4) is 0 Å². The number of allylic oxidation sites excluding steroid dienone is 4. The summed E-state index contributed by atoms with van der Waals surface area (Å²) in [5.41, 5.74) is 8.03. The van der Waals surface area contributed by atoms with Crippen molar-refractivity contribution in [3.63, 3.8) is 0 Å². The molecule has 3 unspecified atom stereocenters. The van der Waals surface area contributed by atoms with Crippen molar-refractivity contribution in [3.05, 3.63) is 108 Å². The molecule has 32 heavy (non-hydrogen) atoms. The van der Waals surface area contributed by atoms with E-state index in [4.69, 9.17) is 0 Å². The molecule has 1 aliphatic heterocycles. The van der Waals surface area contributed by atoms with E-state index >= 15 is 0 Å². The largest absolute Gasteiger partial charge is 0.378 e. The third-order valence-electron chi connectivity index (χ3n) is 7.52. The van der Waals surface area contributed by atoms with Crippen molar-refractivity contribution >= 4 is 33.1 Å². The van der Waals surface area contributed by atoms with Gasteiger partial charge in [0.15, 0.2) is 0 Å². The van der Waals surface area contributed by atoms with Crippen LogP contribution in [-0.4, -0.2) is 10.6 Å². The molecular formula is C30H26N2. The maximum atomic E-state index is 3.66. The van der Waals surface area contributed by atoms with E-state index in [1.807, 2.05) is 0 Å². The van der Waals surface area contributed by atoms with E-state index in [9.17, 15) is 0 Å². The second-order valence-electron chi connectivity index (χ2n) is 9.32. The fourth-order valence-corrected chi connectivity index (χ4v) is 5.98. The summed E-state index contributed by atoms with van der Waals surface area (Å²) in [6.07, 6.45) is 15.3. The van der Waals surface area contributed by atoms with Gasteiger partial charge in [-0.1, -0.05) is 72.8 Å². The molecule has 0 amide bonds. The average Bonchev–Trinajstić information content (AvgIpc) is 3.39. The van der Waals surface area contributed by atoms with Gasteiger partial charge in [0.25, 0.3) is 0 Å². The number of nitrogens with one attached hydrogen (secondary N) is 1. The Labute approximate surface area is 188 Å². The van der Waals surface area contributed by atoms with Crippen LogP contribution in [0.4, 0.5) is 5.69 Å². The van der Waals surface area contributed by atoms with Gasteiger partial charge in [-0.05, 0) is 60.2 Å². The number of benzene rings is 3. The molecule has 156 valence electrons. The standard InChI is InChI=1S/C30H26N2/c1-2-8-22(9-3-1)32-29-13-7-5-11-24(29)26-19-21(15-17-30(26)32)20-14-16-28-25(18-20)23-10-4-6-12-27(23)31-28/h1-2,4-7,10-19,22,25,28,31H,3,8-9H2. The van der Waals surface area contributed by atoms with Crippen molar-refractivity contribution in [2.24, 2.45) is 0 Å². The molecule has 3 atom stereocenters. The predicted molar refractivity (Wildman–Crippen MR) is 135 cm³/mol. The highest BCUT2D eigenvalue weighted by molar-refractivity contribution is 6.09. The van der Waals surface area contributed by atoms with Crippen molar-refractivity contribution in [1.82, 2.24) is 4.57 Å². The Morgan fingerprint density at radius 1 is 0.844 bits per heavy atom. The topological polar surface area (TPSA) is 17.0 Å². The summed E-state index contributed by atoms with van der Waals surface area (Å²) in [7, 11) is 0. The van der Waals surface area contributed by atoms with Crippen LogP contribution in [0, 0.1) is 0 Å². The second-order valence-corrected chi connectivity index (χ2v) is 9.32. The third kappa shape index (κ3) is 2.65. The number of para-hydroxylation sites is 2. The Hall–Kier alpha value is -3.52. The van der Waals surface area contributed by atoms with Gasteiger partial charge in [0.2, 0.25) is 0 Å². The maximum absolute atomic E-state index is 3.66. The lowest BCUT2D eigenvalue weighted by Gasteiger charge is -2.22. The first kappa shape index (κ1) is 18.1. The average molecular weight is 415 g/mol. The first-order chi connectivity index (χ1) is 15.9. The molecule has 0 bridgehead atoms. The van der Waals surface area contributed by atoms with E-state index < -0.39 is 0 Å². The fourth-order valence-electron chi connectivity index (χ4n) is 5.98. The molecule has 3 aliphatic rings. The van der Waals surface area contributed by atoms with E-state index in [2.05, 4.69) is 107 Å². The number of hydrogen-bond acceptors (Lipinski definition) is 1. The lowest BCUT2D eigenvalue weighted by atomic mass is 9.86. The summed E-state index contributed by atoms with van der Waals surface area (Å²) in [6.45, 7) is 0. The third-order valence-corrected chi connectivity index (χ3v) is 7.52. The van der Waals surface area contributed by atoms with Gasteiger partial charge in [-0.3, -0.25) is 0 Å². The van der Waals surface area contributed by atoms with Crippen LogP contribution in [-0.2, 0) is 0 Å². The van der Waals surface area contributed by atoms with E-state index in [1.165, 1.54) is 57.0 Å². The number of hydrogen-bond donors (Lipinski definition) is 1. The van der Waals surface area contributed by atoms with E-state index in [0.717, 1.165) is 6.42 Å². The van der Waals surface area contributed by atoms with Gasteiger partial charge in [-0.2, -0.15) is 0 Å². The van der Waals surface area contributed by atoms with E-state index in [1.54, 1.807) is 0 Å². The molecular weight excluding hydrogens is 388 g/mol. The Kier molecular flexibility index (Phi) is 3.96. The van der Waals surface area contributed by atoms with Gasteiger partial charge in [-0.15, -0.1) is 0 Å². The molecule has 4 aromatic rings. The summed E-state index contributed by atoms with van der Waals surface area (Å²) in [5, 5.41) is 6.40. The number of fused-ring (bicyclic) bond motifs is 6. The first-order valence-corrected chi connectivity index (χ1v) is 11.8. The number of aromatic nitrogens is 1. The van der Waals surface area contributed by atoms with Crippen LogP contribution in [0.25, 0.3) is 27.4 Å². The Bertz CT molecular complexity index is 1450. The van der Waals surface area contributed by atoms with Gasteiger partial charge >= 0.3 is 0 Å². The molecule has 0 saturated heterocycles. The summed E-state index contributed by atoms with van der Waals surface area (Å²) in [4.78, 5) is 0. The summed E-state index contributed by atoms with van der Waals surface area (Å²) < 4.78 is 2.59. The molecule has 2 nitrogen and oxygen atoms in total. The Morgan fingerprint density at radius 2 is 1.72 bits per heavy atom. The van der Waals surface area contributed by atoms with Crippen LogP contribution in [0.3, 0.4) is 0 Å². The normalized spacial score (nSPS) is 23.8. The van der Waals surface area contributed by atoms with Gasteiger partial charge in [0.05, 0.1) is 6.04 Å². The Balaban J connectivity index is 1.37. The molecule has 1 aromatic heterocycles. The molecule has 0 fully saturated rings. The van der Waals surface area contributed by atoms with Crippen molar-refractivity contribution in [1.29, 1.82) is 0 Å². The highest BCUT2D eigenvalue weighted by Crippen LogP contribution is 2.43. The van der Waals surface area contributed by atoms with Crippen molar-refractivity contribution < 1.29 is 0 Å². The molecule has 3 aromatic carbocycles. The Morgan fingerprint density at radius 3 is 2.66 bits per heavy atom. The minimum absolute atomic E-state index is 0.362. The molecule has 0 radical (unpaired) electrons. The maximum Gasteiger partial charge on any atom is 0.0552 e. The van der Waals surface area contributed by atoms with E-state index in [-0.39, 0.29) is 0 Å². The van der Waals surface area contributed by atoms with Gasteiger partial charge < -0.3 is 9.88 Å². The summed E-state index contributed by atoms with van der Waals surface area (Å²) in [6, 6.07) is 25.6. The minimum Gasteiger partial charge on any atom is -0.378 e. The molecule has 7 rings (SSSR count). The molecule has 0 saturated carbocycles. The van der Waals surface area contributed by atoms with Crippen LogP contribution in [0.15, 0.2) is 97.1 Å². The number of anilines is 1. The second kappa shape index (κ2) is 7.00.